The average Bonchev–Trinajstić information content (AvgIpc) is 3.58. The van der Waals surface area contributed by atoms with Crippen LogP contribution in [0, 0.1) is 5.92 Å². The number of fused-ring (bicyclic) bond motifs is 1. The summed E-state index contributed by atoms with van der Waals surface area (Å²) in [6.07, 6.45) is 3.30. The number of rotatable bonds is 7. The molecule has 3 aliphatic heterocycles. The predicted molar refractivity (Wildman–Crippen MR) is 134 cm³/mol. The van der Waals surface area contributed by atoms with Crippen molar-refractivity contribution in [2.75, 3.05) is 52.5 Å². The van der Waals surface area contributed by atoms with Gasteiger partial charge in [0.15, 0.2) is 11.5 Å². The molecule has 9 nitrogen and oxygen atoms in total. The molecular weight excluding hydrogens is 462 g/mol. The van der Waals surface area contributed by atoms with Gasteiger partial charge in [-0.2, -0.15) is 0 Å². The van der Waals surface area contributed by atoms with Gasteiger partial charge in [0.05, 0.1) is 26.8 Å². The molecule has 2 saturated heterocycles. The van der Waals surface area contributed by atoms with E-state index in [1.807, 2.05) is 29.2 Å². The number of piperidine rings is 1. The summed E-state index contributed by atoms with van der Waals surface area (Å²) in [6.45, 7) is 2.73. The molecule has 192 valence electrons. The van der Waals surface area contributed by atoms with Crippen LogP contribution in [-0.2, 0) is 9.59 Å². The van der Waals surface area contributed by atoms with E-state index < -0.39 is 0 Å². The molecule has 3 aliphatic rings. The second-order valence-electron chi connectivity index (χ2n) is 9.46. The average molecular weight is 496 g/mol. The molecule has 0 spiro atoms. The summed E-state index contributed by atoms with van der Waals surface area (Å²) in [5, 5.41) is 3.00. The van der Waals surface area contributed by atoms with Gasteiger partial charge in [0.25, 0.3) is 0 Å². The van der Waals surface area contributed by atoms with Crippen LogP contribution in [0.3, 0.4) is 0 Å². The third kappa shape index (κ3) is 5.06. The highest BCUT2D eigenvalue weighted by molar-refractivity contribution is 5.93. The van der Waals surface area contributed by atoms with Crippen LogP contribution in [0.2, 0.25) is 0 Å². The summed E-state index contributed by atoms with van der Waals surface area (Å²) in [5.74, 6) is 2.91. The fourth-order valence-electron chi connectivity index (χ4n) is 5.34. The molecule has 1 unspecified atom stereocenters. The molecule has 0 aromatic heterocycles. The van der Waals surface area contributed by atoms with Crippen molar-refractivity contribution in [1.29, 1.82) is 0 Å². The Bertz CT molecular complexity index is 1110. The molecule has 9 heteroatoms. The predicted octanol–water partition coefficient (Wildman–Crippen LogP) is 3.45. The first-order valence-electron chi connectivity index (χ1n) is 12.5. The molecule has 2 aromatic rings. The van der Waals surface area contributed by atoms with E-state index in [0.29, 0.717) is 36.8 Å². The summed E-state index contributed by atoms with van der Waals surface area (Å²) in [6, 6.07) is 11.1. The minimum absolute atomic E-state index is 0.00423. The van der Waals surface area contributed by atoms with E-state index in [1.165, 1.54) is 0 Å². The van der Waals surface area contributed by atoms with Crippen LogP contribution < -0.4 is 24.3 Å². The summed E-state index contributed by atoms with van der Waals surface area (Å²) in [5.41, 5.74) is 1.69. The van der Waals surface area contributed by atoms with Crippen molar-refractivity contribution >= 4 is 17.5 Å². The third-order valence-electron chi connectivity index (χ3n) is 7.33. The number of hydrogen-bond donors (Lipinski definition) is 1. The number of anilines is 1. The smallest absolute Gasteiger partial charge is 0.237 e. The fraction of sp³-hybridized carbons (Fsp3) is 0.481. The second-order valence-corrected chi connectivity index (χ2v) is 9.46. The number of amides is 2. The standard InChI is InChI=1S/C27H33N3O6/c1-33-20-6-8-23(34-2)21(15-20)22-4-3-11-30(22)26(31)16-29-12-9-18(10-13-29)27(32)28-19-5-7-24-25(14-19)36-17-35-24/h5-8,14-15,18,22H,3-4,9-13,16-17H2,1-2H3,(H,28,32). The van der Waals surface area contributed by atoms with Gasteiger partial charge in [-0.1, -0.05) is 0 Å². The molecule has 2 amide bonds. The summed E-state index contributed by atoms with van der Waals surface area (Å²) >= 11 is 0. The van der Waals surface area contributed by atoms with E-state index in [9.17, 15) is 9.59 Å². The van der Waals surface area contributed by atoms with Gasteiger partial charge in [-0.3, -0.25) is 14.5 Å². The van der Waals surface area contributed by atoms with Crippen molar-refractivity contribution in [2.45, 2.75) is 31.7 Å². The number of carbonyl (C=O) groups excluding carboxylic acids is 2. The van der Waals surface area contributed by atoms with Gasteiger partial charge in [0, 0.05) is 29.8 Å². The third-order valence-corrected chi connectivity index (χ3v) is 7.33. The highest BCUT2D eigenvalue weighted by atomic mass is 16.7. The normalized spacial score (nSPS) is 19.8. The van der Waals surface area contributed by atoms with Gasteiger partial charge < -0.3 is 29.2 Å². The Morgan fingerprint density at radius 3 is 2.56 bits per heavy atom. The fourth-order valence-corrected chi connectivity index (χ4v) is 5.34. The highest BCUT2D eigenvalue weighted by Gasteiger charge is 2.34. The Kier molecular flexibility index (Phi) is 7.18. The van der Waals surface area contributed by atoms with Crippen molar-refractivity contribution in [3.8, 4) is 23.0 Å². The van der Waals surface area contributed by atoms with Gasteiger partial charge in [0.2, 0.25) is 18.6 Å². The molecule has 0 saturated carbocycles. The minimum Gasteiger partial charge on any atom is -0.497 e. The quantitative estimate of drug-likeness (QED) is 0.629. The molecule has 3 heterocycles. The molecule has 0 aliphatic carbocycles. The largest absolute Gasteiger partial charge is 0.497 e. The SMILES string of the molecule is COc1ccc(OC)c(C2CCCN2C(=O)CN2CCC(C(=O)Nc3ccc4c(c3)OCO4)CC2)c1. The van der Waals surface area contributed by atoms with Crippen LogP contribution in [0.4, 0.5) is 5.69 Å². The molecule has 0 bridgehead atoms. The lowest BCUT2D eigenvalue weighted by Crippen LogP contribution is -2.44. The maximum absolute atomic E-state index is 13.3. The van der Waals surface area contributed by atoms with Crippen LogP contribution in [0.5, 0.6) is 23.0 Å². The minimum atomic E-state index is -0.0812. The van der Waals surface area contributed by atoms with E-state index in [1.54, 1.807) is 26.4 Å². The number of methoxy groups -OCH3 is 2. The highest BCUT2D eigenvalue weighted by Crippen LogP contribution is 2.39. The maximum atomic E-state index is 13.3. The maximum Gasteiger partial charge on any atom is 0.237 e. The zero-order valence-corrected chi connectivity index (χ0v) is 20.8. The van der Waals surface area contributed by atoms with Crippen LogP contribution >= 0.6 is 0 Å². The van der Waals surface area contributed by atoms with E-state index in [0.717, 1.165) is 49.3 Å². The van der Waals surface area contributed by atoms with Crippen molar-refractivity contribution < 1.29 is 28.5 Å². The number of carbonyl (C=O) groups is 2. The van der Waals surface area contributed by atoms with Crippen molar-refractivity contribution in [3.05, 3.63) is 42.0 Å². The number of nitrogens with one attached hydrogen (secondary N) is 1. The molecular formula is C27H33N3O6. The van der Waals surface area contributed by atoms with Crippen molar-refractivity contribution in [3.63, 3.8) is 0 Å². The van der Waals surface area contributed by atoms with Crippen LogP contribution in [0.25, 0.3) is 0 Å². The number of likely N-dealkylation sites (tertiary alicyclic amines) is 2. The zero-order valence-electron chi connectivity index (χ0n) is 20.8. The summed E-state index contributed by atoms with van der Waals surface area (Å²) in [4.78, 5) is 30.3. The Balaban J connectivity index is 1.15. The lowest BCUT2D eigenvalue weighted by atomic mass is 9.95. The van der Waals surface area contributed by atoms with Gasteiger partial charge >= 0.3 is 0 Å². The Hall–Kier alpha value is -3.46. The molecule has 1 atom stereocenters. The first-order valence-corrected chi connectivity index (χ1v) is 12.5. The van der Waals surface area contributed by atoms with E-state index >= 15 is 0 Å². The number of benzene rings is 2. The molecule has 36 heavy (non-hydrogen) atoms. The molecule has 2 fully saturated rings. The first-order chi connectivity index (χ1) is 17.6. The van der Waals surface area contributed by atoms with Gasteiger partial charge in [-0.15, -0.1) is 0 Å². The molecule has 0 radical (unpaired) electrons. The molecule has 1 N–H and O–H groups in total. The van der Waals surface area contributed by atoms with Crippen molar-refractivity contribution in [2.24, 2.45) is 5.92 Å². The first kappa shape index (κ1) is 24.2. The van der Waals surface area contributed by atoms with Gasteiger partial charge in [0.1, 0.15) is 11.5 Å². The molecule has 5 rings (SSSR count). The zero-order chi connectivity index (χ0) is 25.1. The van der Waals surface area contributed by atoms with Crippen LogP contribution in [-0.4, -0.2) is 68.8 Å². The number of ether oxygens (including phenoxy) is 4. The van der Waals surface area contributed by atoms with Gasteiger partial charge in [-0.05, 0) is 69.1 Å². The monoisotopic (exact) mass is 495 g/mol. The topological polar surface area (TPSA) is 89.6 Å². The van der Waals surface area contributed by atoms with Crippen molar-refractivity contribution in [1.82, 2.24) is 9.80 Å². The second kappa shape index (κ2) is 10.7. The summed E-state index contributed by atoms with van der Waals surface area (Å²) < 4.78 is 21.7. The number of nitrogens with zero attached hydrogens (tertiary/aromatic N) is 2. The Labute approximate surface area is 211 Å². The van der Waals surface area contributed by atoms with Crippen LogP contribution in [0.1, 0.15) is 37.3 Å². The van der Waals surface area contributed by atoms with Gasteiger partial charge in [-0.25, -0.2) is 0 Å². The van der Waals surface area contributed by atoms with Crippen LogP contribution in [0.15, 0.2) is 36.4 Å². The van der Waals surface area contributed by atoms with E-state index in [4.69, 9.17) is 18.9 Å². The lowest BCUT2D eigenvalue weighted by molar-refractivity contribution is -0.133. The summed E-state index contributed by atoms with van der Waals surface area (Å²) in [7, 11) is 3.29. The van der Waals surface area contributed by atoms with E-state index in [2.05, 4.69) is 10.2 Å². The molecule has 2 aromatic carbocycles. The van der Waals surface area contributed by atoms with E-state index in [-0.39, 0.29) is 30.6 Å². The Morgan fingerprint density at radius 1 is 0.972 bits per heavy atom. The number of hydrogen-bond acceptors (Lipinski definition) is 7. The Morgan fingerprint density at radius 2 is 1.78 bits per heavy atom. The lowest BCUT2D eigenvalue weighted by Gasteiger charge is -2.33.